The smallest absolute Gasteiger partial charge is 0.111 e. The van der Waals surface area contributed by atoms with E-state index >= 15 is 0 Å². The van der Waals surface area contributed by atoms with E-state index in [4.69, 9.17) is 5.73 Å². The lowest BCUT2D eigenvalue weighted by atomic mass is 10.0. The summed E-state index contributed by atoms with van der Waals surface area (Å²) < 4.78 is 2.87. The zero-order valence-corrected chi connectivity index (χ0v) is 10.1. The topological polar surface area (TPSA) is 43.8 Å². The number of fused-ring (bicyclic) bond motifs is 1. The molecule has 0 amide bonds. The van der Waals surface area contributed by atoms with Crippen LogP contribution < -0.4 is 5.73 Å². The summed E-state index contributed by atoms with van der Waals surface area (Å²) in [5, 5.41) is 5.60. The Kier molecular flexibility index (Phi) is 1.77. The van der Waals surface area contributed by atoms with Gasteiger partial charge < -0.3 is 5.73 Å². The third kappa shape index (κ3) is 1.25. The van der Waals surface area contributed by atoms with Crippen LogP contribution in [0.5, 0.6) is 0 Å². The van der Waals surface area contributed by atoms with Crippen LogP contribution in [0.4, 0.5) is 0 Å². The molecule has 0 unspecified atom stereocenters. The molecule has 3 nitrogen and oxygen atoms in total. The molecule has 1 aromatic carbocycles. The van der Waals surface area contributed by atoms with Crippen molar-refractivity contribution >= 4 is 26.8 Å². The Hall–Kier alpha value is -0.870. The standard InChI is InChI=1S/C11H12BrN3/c1-15-10(12)9-7(11(13)5-6-11)3-2-4-8(9)14-15/h2-4H,5-6,13H2,1H3. The lowest BCUT2D eigenvalue weighted by molar-refractivity contribution is 0.744. The third-order valence-corrected chi connectivity index (χ3v) is 4.03. The van der Waals surface area contributed by atoms with Gasteiger partial charge in [-0.15, -0.1) is 0 Å². The fraction of sp³-hybridized carbons (Fsp3) is 0.364. The van der Waals surface area contributed by atoms with Crippen molar-refractivity contribution in [2.45, 2.75) is 18.4 Å². The minimum Gasteiger partial charge on any atom is -0.321 e. The summed E-state index contributed by atoms with van der Waals surface area (Å²) in [4.78, 5) is 0. The number of hydrogen-bond acceptors (Lipinski definition) is 2. The second-order valence-corrected chi connectivity index (χ2v) is 5.02. The van der Waals surface area contributed by atoms with Crippen LogP contribution in [0.3, 0.4) is 0 Å². The van der Waals surface area contributed by atoms with Gasteiger partial charge in [-0.3, -0.25) is 4.68 Å². The summed E-state index contributed by atoms with van der Waals surface area (Å²) in [6.45, 7) is 0. The molecule has 0 aliphatic heterocycles. The second-order valence-electron chi connectivity index (χ2n) is 4.27. The molecule has 3 rings (SSSR count). The molecular formula is C11H12BrN3. The normalized spacial score (nSPS) is 18.3. The maximum atomic E-state index is 6.25. The molecule has 1 aromatic heterocycles. The quantitative estimate of drug-likeness (QED) is 0.860. The van der Waals surface area contributed by atoms with E-state index in [-0.39, 0.29) is 5.54 Å². The van der Waals surface area contributed by atoms with Crippen molar-refractivity contribution in [2.75, 3.05) is 0 Å². The number of rotatable bonds is 1. The second kappa shape index (κ2) is 2.83. The number of benzene rings is 1. The van der Waals surface area contributed by atoms with Crippen molar-refractivity contribution < 1.29 is 0 Å². The van der Waals surface area contributed by atoms with E-state index in [2.05, 4.69) is 27.1 Å². The molecule has 0 bridgehead atoms. The number of hydrogen-bond donors (Lipinski definition) is 1. The third-order valence-electron chi connectivity index (χ3n) is 3.12. The maximum absolute atomic E-state index is 6.25. The van der Waals surface area contributed by atoms with Gasteiger partial charge in [-0.1, -0.05) is 12.1 Å². The van der Waals surface area contributed by atoms with Crippen molar-refractivity contribution in [3.63, 3.8) is 0 Å². The van der Waals surface area contributed by atoms with Gasteiger partial charge in [-0.2, -0.15) is 5.10 Å². The van der Waals surface area contributed by atoms with Crippen LogP contribution in [0, 0.1) is 0 Å². The molecule has 2 aromatic rings. The van der Waals surface area contributed by atoms with Crippen molar-refractivity contribution in [3.8, 4) is 0 Å². The highest BCUT2D eigenvalue weighted by Gasteiger charge is 2.41. The molecule has 15 heavy (non-hydrogen) atoms. The number of halogens is 1. The van der Waals surface area contributed by atoms with E-state index in [9.17, 15) is 0 Å². The zero-order chi connectivity index (χ0) is 10.6. The van der Waals surface area contributed by atoms with Crippen LogP contribution in [0.25, 0.3) is 10.9 Å². The van der Waals surface area contributed by atoms with Crippen molar-refractivity contribution in [3.05, 3.63) is 28.4 Å². The largest absolute Gasteiger partial charge is 0.321 e. The van der Waals surface area contributed by atoms with Crippen LogP contribution >= 0.6 is 15.9 Å². The summed E-state index contributed by atoms with van der Waals surface area (Å²) in [5.74, 6) is 0. The Morgan fingerprint density at radius 3 is 2.87 bits per heavy atom. The molecule has 1 heterocycles. The van der Waals surface area contributed by atoms with Crippen LogP contribution in [0.15, 0.2) is 22.8 Å². The van der Waals surface area contributed by atoms with E-state index in [0.717, 1.165) is 23.0 Å². The number of aryl methyl sites for hydroxylation is 1. The number of nitrogens with two attached hydrogens (primary N) is 1. The molecule has 1 aliphatic carbocycles. The highest BCUT2D eigenvalue weighted by molar-refractivity contribution is 9.10. The lowest BCUT2D eigenvalue weighted by Gasteiger charge is -2.10. The predicted molar refractivity (Wildman–Crippen MR) is 63.5 cm³/mol. The average molecular weight is 266 g/mol. The van der Waals surface area contributed by atoms with E-state index in [1.165, 1.54) is 10.9 Å². The lowest BCUT2D eigenvalue weighted by Crippen LogP contribution is -2.18. The Morgan fingerprint density at radius 2 is 2.20 bits per heavy atom. The molecule has 2 N–H and O–H groups in total. The van der Waals surface area contributed by atoms with Gasteiger partial charge in [-0.05, 0) is 40.4 Å². The van der Waals surface area contributed by atoms with Gasteiger partial charge in [0.25, 0.3) is 0 Å². The molecule has 1 saturated carbocycles. The van der Waals surface area contributed by atoms with Gasteiger partial charge >= 0.3 is 0 Å². The van der Waals surface area contributed by atoms with Gasteiger partial charge in [0.1, 0.15) is 4.60 Å². The van der Waals surface area contributed by atoms with Crippen LogP contribution in [0.1, 0.15) is 18.4 Å². The van der Waals surface area contributed by atoms with Crippen molar-refractivity contribution in [2.24, 2.45) is 12.8 Å². The minimum absolute atomic E-state index is 0.106. The van der Waals surface area contributed by atoms with E-state index in [1.54, 1.807) is 0 Å². The highest BCUT2D eigenvalue weighted by atomic mass is 79.9. The first-order chi connectivity index (χ1) is 7.12. The van der Waals surface area contributed by atoms with Gasteiger partial charge in [0.05, 0.1) is 5.52 Å². The Morgan fingerprint density at radius 1 is 1.47 bits per heavy atom. The summed E-state index contributed by atoms with van der Waals surface area (Å²) in [5.41, 5.74) is 8.38. The fourth-order valence-electron chi connectivity index (χ4n) is 2.03. The number of nitrogens with zero attached hydrogens (tertiary/aromatic N) is 2. The fourth-order valence-corrected chi connectivity index (χ4v) is 2.52. The Bertz CT molecular complexity index is 540. The van der Waals surface area contributed by atoms with E-state index in [0.29, 0.717) is 0 Å². The Labute approximate surface area is 96.4 Å². The van der Waals surface area contributed by atoms with Gasteiger partial charge in [0.2, 0.25) is 0 Å². The van der Waals surface area contributed by atoms with Crippen LogP contribution in [0.2, 0.25) is 0 Å². The van der Waals surface area contributed by atoms with Gasteiger partial charge in [0.15, 0.2) is 0 Å². The molecule has 0 saturated heterocycles. The monoisotopic (exact) mass is 265 g/mol. The van der Waals surface area contributed by atoms with Crippen LogP contribution in [-0.4, -0.2) is 9.78 Å². The predicted octanol–water partition coefficient (Wildman–Crippen LogP) is 2.28. The SMILES string of the molecule is Cn1nc2cccc(C3(N)CC3)c2c1Br. The molecule has 4 heteroatoms. The molecule has 0 spiro atoms. The summed E-state index contributed by atoms with van der Waals surface area (Å²) in [7, 11) is 1.93. The van der Waals surface area contributed by atoms with E-state index in [1.807, 2.05) is 23.9 Å². The molecule has 78 valence electrons. The highest BCUT2D eigenvalue weighted by Crippen LogP contribution is 2.46. The first kappa shape index (κ1) is 9.36. The molecule has 0 radical (unpaired) electrons. The van der Waals surface area contributed by atoms with Gasteiger partial charge in [-0.25, -0.2) is 0 Å². The van der Waals surface area contributed by atoms with Crippen molar-refractivity contribution in [1.82, 2.24) is 9.78 Å². The van der Waals surface area contributed by atoms with Crippen molar-refractivity contribution in [1.29, 1.82) is 0 Å². The molecule has 1 fully saturated rings. The average Bonchev–Trinajstić information content (AvgIpc) is 2.89. The summed E-state index contributed by atoms with van der Waals surface area (Å²) >= 11 is 3.57. The number of aromatic nitrogens is 2. The van der Waals surface area contributed by atoms with Gasteiger partial charge in [0, 0.05) is 18.0 Å². The molecule has 1 aliphatic rings. The zero-order valence-electron chi connectivity index (χ0n) is 8.50. The maximum Gasteiger partial charge on any atom is 0.111 e. The first-order valence-electron chi connectivity index (χ1n) is 5.02. The first-order valence-corrected chi connectivity index (χ1v) is 5.82. The van der Waals surface area contributed by atoms with E-state index < -0.39 is 0 Å². The Balaban J connectivity index is 2.38. The summed E-state index contributed by atoms with van der Waals surface area (Å²) in [6.07, 6.45) is 2.15. The molecule has 0 atom stereocenters. The summed E-state index contributed by atoms with van der Waals surface area (Å²) in [6, 6.07) is 6.17. The van der Waals surface area contributed by atoms with Crippen LogP contribution in [-0.2, 0) is 12.6 Å². The molecular weight excluding hydrogens is 254 g/mol. The minimum atomic E-state index is -0.106.